The van der Waals surface area contributed by atoms with Crippen molar-refractivity contribution < 1.29 is 9.90 Å². The van der Waals surface area contributed by atoms with Gasteiger partial charge in [-0.2, -0.15) is 0 Å². The number of halogens is 1. The van der Waals surface area contributed by atoms with Gasteiger partial charge in [-0.1, -0.05) is 11.6 Å². The zero-order valence-corrected chi connectivity index (χ0v) is 10.6. The van der Waals surface area contributed by atoms with Gasteiger partial charge in [-0.15, -0.1) is 0 Å². The second-order valence-electron chi connectivity index (χ2n) is 3.29. The van der Waals surface area contributed by atoms with Crippen LogP contribution in [0.1, 0.15) is 10.5 Å². The Hall–Kier alpha value is -1.79. The molecule has 0 aliphatic carbocycles. The average molecular weight is 282 g/mol. The predicted molar refractivity (Wildman–Crippen MR) is 69.0 cm³/mol. The summed E-state index contributed by atoms with van der Waals surface area (Å²) in [4.78, 5) is 18.9. The Labute approximate surface area is 112 Å². The number of carboxylic acids is 1. The molecule has 5 nitrogen and oxygen atoms in total. The van der Waals surface area contributed by atoms with Crippen molar-refractivity contribution in [2.75, 3.05) is 5.73 Å². The molecule has 92 valence electrons. The van der Waals surface area contributed by atoms with Gasteiger partial charge in [0.15, 0.2) is 0 Å². The molecule has 0 saturated heterocycles. The van der Waals surface area contributed by atoms with Crippen LogP contribution in [-0.4, -0.2) is 21.0 Å². The molecule has 0 atom stereocenters. The molecule has 3 N–H and O–H groups in total. The van der Waals surface area contributed by atoms with Gasteiger partial charge in [-0.05, 0) is 36.0 Å². The van der Waals surface area contributed by atoms with E-state index in [4.69, 9.17) is 22.4 Å². The van der Waals surface area contributed by atoms with Gasteiger partial charge in [-0.3, -0.25) is 0 Å². The molecular formula is C11H8ClN3O2S. The highest BCUT2D eigenvalue weighted by molar-refractivity contribution is 7.99. The second-order valence-corrected chi connectivity index (χ2v) is 4.67. The van der Waals surface area contributed by atoms with E-state index in [1.54, 1.807) is 18.3 Å². The average Bonchev–Trinajstić information content (AvgIpc) is 2.34. The summed E-state index contributed by atoms with van der Waals surface area (Å²) >= 11 is 7.09. The molecule has 0 aromatic carbocycles. The van der Waals surface area contributed by atoms with Crippen molar-refractivity contribution in [3.05, 3.63) is 41.2 Å². The fourth-order valence-corrected chi connectivity index (χ4v) is 2.22. The highest BCUT2D eigenvalue weighted by Gasteiger charge is 2.12. The molecule has 0 aliphatic heterocycles. The maximum atomic E-state index is 10.8. The summed E-state index contributed by atoms with van der Waals surface area (Å²) < 4.78 is 0. The van der Waals surface area contributed by atoms with Crippen LogP contribution in [0.5, 0.6) is 0 Å². The highest BCUT2D eigenvalue weighted by Crippen LogP contribution is 2.33. The summed E-state index contributed by atoms with van der Waals surface area (Å²) in [5.41, 5.74) is 6.05. The number of carbonyl (C=O) groups is 1. The number of nitrogens with zero attached hydrogens (tertiary/aromatic N) is 2. The quantitative estimate of drug-likeness (QED) is 0.899. The Morgan fingerprint density at radius 2 is 2.11 bits per heavy atom. The molecule has 0 bridgehead atoms. The normalized spacial score (nSPS) is 10.3. The fourth-order valence-electron chi connectivity index (χ4n) is 1.19. The fraction of sp³-hybridized carbons (Fsp3) is 0. The van der Waals surface area contributed by atoms with E-state index < -0.39 is 5.97 Å². The largest absolute Gasteiger partial charge is 0.477 e. The number of pyridine rings is 2. The number of rotatable bonds is 3. The summed E-state index contributed by atoms with van der Waals surface area (Å²) in [5, 5.41) is 10.2. The first-order valence-corrected chi connectivity index (χ1v) is 6.05. The van der Waals surface area contributed by atoms with Crippen molar-refractivity contribution in [1.29, 1.82) is 0 Å². The monoisotopic (exact) mass is 281 g/mol. The van der Waals surface area contributed by atoms with Crippen LogP contribution in [0.2, 0.25) is 5.02 Å². The van der Waals surface area contributed by atoms with Gasteiger partial charge >= 0.3 is 5.97 Å². The lowest BCUT2D eigenvalue weighted by Gasteiger charge is -2.05. The third-order valence-electron chi connectivity index (χ3n) is 2.03. The van der Waals surface area contributed by atoms with Gasteiger partial charge in [0.2, 0.25) is 0 Å². The number of hydrogen-bond acceptors (Lipinski definition) is 5. The molecule has 0 saturated carbocycles. The van der Waals surface area contributed by atoms with E-state index in [2.05, 4.69) is 9.97 Å². The van der Waals surface area contributed by atoms with Crippen molar-refractivity contribution in [2.24, 2.45) is 0 Å². The number of nitrogens with two attached hydrogens (primary N) is 1. The molecule has 2 aromatic heterocycles. The van der Waals surface area contributed by atoms with Crippen LogP contribution in [0, 0.1) is 0 Å². The minimum absolute atomic E-state index is 0.0706. The first-order valence-electron chi connectivity index (χ1n) is 4.86. The van der Waals surface area contributed by atoms with Crippen molar-refractivity contribution >= 4 is 35.0 Å². The van der Waals surface area contributed by atoms with Gasteiger partial charge in [-0.25, -0.2) is 14.8 Å². The van der Waals surface area contributed by atoms with Crippen molar-refractivity contribution in [1.82, 2.24) is 9.97 Å². The first-order chi connectivity index (χ1) is 8.58. The maximum absolute atomic E-state index is 10.8. The Bertz CT molecular complexity index is 607. The molecule has 2 heterocycles. The highest BCUT2D eigenvalue weighted by atomic mass is 35.5. The molecule has 18 heavy (non-hydrogen) atoms. The van der Waals surface area contributed by atoms with E-state index in [1.165, 1.54) is 12.1 Å². The predicted octanol–water partition coefficient (Wildman–Crippen LogP) is 2.56. The summed E-state index contributed by atoms with van der Waals surface area (Å²) in [6.07, 6.45) is 1.59. The molecule has 2 aromatic rings. The molecule has 0 unspecified atom stereocenters. The molecule has 0 fully saturated rings. The zero-order valence-electron chi connectivity index (χ0n) is 9.00. The van der Waals surface area contributed by atoms with Crippen molar-refractivity contribution in [3.8, 4) is 0 Å². The lowest BCUT2D eigenvalue weighted by molar-refractivity contribution is 0.0690. The van der Waals surface area contributed by atoms with Crippen LogP contribution in [0.15, 0.2) is 40.5 Å². The Balaban J connectivity index is 2.37. The number of carboxylic acid groups (broad SMARTS) is 1. The van der Waals surface area contributed by atoms with Gasteiger partial charge in [0.1, 0.15) is 15.7 Å². The summed E-state index contributed by atoms with van der Waals surface area (Å²) in [6.45, 7) is 0. The molecular weight excluding hydrogens is 274 g/mol. The Morgan fingerprint density at radius 1 is 1.33 bits per heavy atom. The molecule has 0 amide bonds. The number of hydrogen-bond donors (Lipinski definition) is 2. The number of anilines is 1. The van der Waals surface area contributed by atoms with E-state index >= 15 is 0 Å². The molecule has 7 heteroatoms. The molecule has 0 spiro atoms. The Kier molecular flexibility index (Phi) is 3.69. The SMILES string of the molecule is Nc1ccc(C(=O)O)nc1Sc1ncccc1Cl. The maximum Gasteiger partial charge on any atom is 0.354 e. The Morgan fingerprint density at radius 3 is 2.78 bits per heavy atom. The van der Waals surface area contributed by atoms with Crippen LogP contribution in [0.3, 0.4) is 0 Å². The van der Waals surface area contributed by atoms with Crippen LogP contribution < -0.4 is 5.73 Å². The molecule has 2 rings (SSSR count). The van der Waals surface area contributed by atoms with E-state index in [9.17, 15) is 4.79 Å². The number of nitrogen functional groups attached to an aromatic ring is 1. The van der Waals surface area contributed by atoms with Crippen molar-refractivity contribution in [2.45, 2.75) is 10.1 Å². The van der Waals surface area contributed by atoms with E-state index in [0.29, 0.717) is 20.8 Å². The van der Waals surface area contributed by atoms with Crippen LogP contribution in [0.4, 0.5) is 5.69 Å². The third-order valence-corrected chi connectivity index (χ3v) is 3.48. The van der Waals surface area contributed by atoms with E-state index in [0.717, 1.165) is 11.8 Å². The van der Waals surface area contributed by atoms with Crippen LogP contribution in [-0.2, 0) is 0 Å². The number of aromatic carboxylic acids is 1. The number of aromatic nitrogens is 2. The topological polar surface area (TPSA) is 89.1 Å². The van der Waals surface area contributed by atoms with E-state index in [-0.39, 0.29) is 5.69 Å². The minimum Gasteiger partial charge on any atom is -0.477 e. The third kappa shape index (κ3) is 2.72. The molecule has 0 aliphatic rings. The zero-order chi connectivity index (χ0) is 13.1. The smallest absolute Gasteiger partial charge is 0.354 e. The van der Waals surface area contributed by atoms with Gasteiger partial charge in [0.25, 0.3) is 0 Å². The summed E-state index contributed by atoms with van der Waals surface area (Å²) in [7, 11) is 0. The van der Waals surface area contributed by atoms with Crippen molar-refractivity contribution in [3.63, 3.8) is 0 Å². The van der Waals surface area contributed by atoms with Gasteiger partial charge in [0, 0.05) is 6.20 Å². The van der Waals surface area contributed by atoms with Gasteiger partial charge < -0.3 is 10.8 Å². The van der Waals surface area contributed by atoms with Crippen LogP contribution in [0.25, 0.3) is 0 Å². The van der Waals surface area contributed by atoms with Gasteiger partial charge in [0.05, 0.1) is 10.7 Å². The standard InChI is InChI=1S/C11H8ClN3O2S/c12-6-2-1-5-14-9(6)18-10-7(13)3-4-8(15-10)11(16)17/h1-5H,13H2,(H,16,17). The summed E-state index contributed by atoms with van der Waals surface area (Å²) in [5.74, 6) is -1.11. The molecule has 0 radical (unpaired) electrons. The first kappa shape index (κ1) is 12.7. The summed E-state index contributed by atoms with van der Waals surface area (Å²) in [6, 6.07) is 6.24. The van der Waals surface area contributed by atoms with E-state index in [1.807, 2.05) is 0 Å². The minimum atomic E-state index is -1.11. The van der Waals surface area contributed by atoms with Crippen LogP contribution >= 0.6 is 23.4 Å². The second kappa shape index (κ2) is 5.24. The lowest BCUT2D eigenvalue weighted by Crippen LogP contribution is -2.03. The lowest BCUT2D eigenvalue weighted by atomic mass is 10.3.